The van der Waals surface area contributed by atoms with E-state index in [0.717, 1.165) is 10.9 Å². The molecule has 230 valence electrons. The highest BCUT2D eigenvalue weighted by atomic mass is 16.4. The van der Waals surface area contributed by atoms with Crippen LogP contribution in [0, 0.1) is 0 Å². The van der Waals surface area contributed by atoms with Crippen molar-refractivity contribution < 1.29 is 24.3 Å². The first-order valence-corrected chi connectivity index (χ1v) is 13.4. The number of rotatable bonds is 17. The van der Waals surface area contributed by atoms with Crippen LogP contribution in [0.4, 0.5) is 0 Å². The van der Waals surface area contributed by atoms with Crippen LogP contribution < -0.4 is 44.6 Å². The molecule has 0 bridgehead atoms. The Morgan fingerprint density at radius 1 is 0.857 bits per heavy atom. The number of aromatic nitrogens is 1. The summed E-state index contributed by atoms with van der Waals surface area (Å²) >= 11 is 0. The second-order valence-electron chi connectivity index (χ2n) is 9.76. The van der Waals surface area contributed by atoms with E-state index in [1.54, 1.807) is 6.20 Å². The molecule has 0 aliphatic heterocycles. The summed E-state index contributed by atoms with van der Waals surface area (Å²) in [4.78, 5) is 61.4. The molecule has 0 aliphatic rings. The number of nitrogens with zero attached hydrogens (tertiary/aromatic N) is 2. The zero-order valence-electron chi connectivity index (χ0n) is 23.5. The average molecular weight is 588 g/mol. The number of nitrogens with two attached hydrogens (primary N) is 5. The third kappa shape index (κ3) is 11.0. The SMILES string of the molecule is CC(NC(=O)C(CCCN=C(N)N)NC(=O)C(N)CCCN=C(N)N)C(=O)NC(Cc1c[nH]c2ccccc12)C(=O)O. The van der Waals surface area contributed by atoms with E-state index in [1.807, 2.05) is 24.3 Å². The van der Waals surface area contributed by atoms with Crippen LogP contribution in [0.1, 0.15) is 38.2 Å². The number of hydrogen-bond donors (Lipinski definition) is 10. The number of amides is 3. The predicted octanol–water partition coefficient (Wildman–Crippen LogP) is -2.30. The number of hydrogen-bond acceptors (Lipinski definition) is 7. The summed E-state index contributed by atoms with van der Waals surface area (Å²) in [6.07, 6.45) is 2.89. The molecule has 0 radical (unpaired) electrons. The number of fused-ring (bicyclic) bond motifs is 1. The molecule has 1 aromatic heterocycles. The van der Waals surface area contributed by atoms with Gasteiger partial charge in [-0.1, -0.05) is 18.2 Å². The summed E-state index contributed by atoms with van der Waals surface area (Å²) in [6.45, 7) is 1.90. The Hall–Kier alpha value is -4.86. The van der Waals surface area contributed by atoms with Gasteiger partial charge in [0.15, 0.2) is 11.9 Å². The molecule has 3 amide bonds. The number of carboxylic acids is 1. The lowest BCUT2D eigenvalue weighted by Crippen LogP contribution is -2.56. The van der Waals surface area contributed by atoms with E-state index < -0.39 is 47.9 Å². The first-order chi connectivity index (χ1) is 19.9. The van der Waals surface area contributed by atoms with E-state index in [-0.39, 0.29) is 44.3 Å². The number of H-pyrrole nitrogens is 1. The number of aromatic amines is 1. The third-order valence-corrected chi connectivity index (χ3v) is 6.35. The molecule has 42 heavy (non-hydrogen) atoms. The number of nitrogens with one attached hydrogen (secondary N) is 4. The number of aliphatic imine (C=N–C) groups is 2. The van der Waals surface area contributed by atoms with Gasteiger partial charge in [0.05, 0.1) is 6.04 Å². The van der Waals surface area contributed by atoms with Crippen LogP contribution in [-0.2, 0) is 25.6 Å². The lowest BCUT2D eigenvalue weighted by atomic mass is 10.0. The molecule has 0 spiro atoms. The van der Waals surface area contributed by atoms with Crippen LogP contribution in [0.2, 0.25) is 0 Å². The third-order valence-electron chi connectivity index (χ3n) is 6.35. The fourth-order valence-corrected chi connectivity index (χ4v) is 4.10. The van der Waals surface area contributed by atoms with Crippen molar-refractivity contribution >= 4 is 46.5 Å². The van der Waals surface area contributed by atoms with Crippen LogP contribution in [0.25, 0.3) is 10.9 Å². The normalized spacial score (nSPS) is 13.7. The minimum absolute atomic E-state index is 0.0241. The second kappa shape index (κ2) is 16.4. The molecule has 0 saturated carbocycles. The van der Waals surface area contributed by atoms with Gasteiger partial charge < -0.3 is 54.7 Å². The van der Waals surface area contributed by atoms with Gasteiger partial charge >= 0.3 is 5.97 Å². The Labute approximate surface area is 242 Å². The molecule has 4 unspecified atom stereocenters. The maximum Gasteiger partial charge on any atom is 0.326 e. The Morgan fingerprint density at radius 3 is 2.07 bits per heavy atom. The fourth-order valence-electron chi connectivity index (χ4n) is 4.10. The minimum atomic E-state index is -1.25. The monoisotopic (exact) mass is 587 g/mol. The standard InChI is InChI=1S/C26H41N11O5/c1-14(21(38)37-20(24(41)42)12-15-13-34-18-8-3-2-6-16(15)18)35-23(40)19(9-5-11-33-26(30)31)36-22(39)17(27)7-4-10-32-25(28)29/h2-3,6,8,13-14,17,19-20,34H,4-5,7,9-12,27H2,1H3,(H,35,40)(H,36,39)(H,37,38)(H,41,42)(H4,28,29,32)(H4,30,31,33). The van der Waals surface area contributed by atoms with Gasteiger partial charge in [0.25, 0.3) is 0 Å². The number of para-hydroxylation sites is 1. The molecule has 1 aromatic carbocycles. The van der Waals surface area contributed by atoms with E-state index in [2.05, 4.69) is 30.9 Å². The molecule has 0 fully saturated rings. The van der Waals surface area contributed by atoms with Crippen molar-refractivity contribution in [3.8, 4) is 0 Å². The van der Waals surface area contributed by atoms with Crippen LogP contribution in [0.3, 0.4) is 0 Å². The molecular formula is C26H41N11O5. The smallest absolute Gasteiger partial charge is 0.326 e. The number of guanidine groups is 2. The summed E-state index contributed by atoms with van der Waals surface area (Å²) in [5, 5.41) is 18.2. The van der Waals surface area contributed by atoms with Crippen LogP contribution >= 0.6 is 0 Å². The van der Waals surface area contributed by atoms with Gasteiger partial charge in [-0.05, 0) is 44.2 Å². The lowest BCUT2D eigenvalue weighted by Gasteiger charge is -2.23. The number of aliphatic carboxylic acids is 1. The topological polar surface area (TPSA) is 295 Å². The predicted molar refractivity (Wildman–Crippen MR) is 159 cm³/mol. The van der Waals surface area contributed by atoms with E-state index in [9.17, 15) is 24.3 Å². The van der Waals surface area contributed by atoms with Crippen molar-refractivity contribution in [3.63, 3.8) is 0 Å². The lowest BCUT2D eigenvalue weighted by molar-refractivity contribution is -0.142. The Kier molecular flexibility index (Phi) is 13.0. The van der Waals surface area contributed by atoms with Gasteiger partial charge in [-0.25, -0.2) is 4.79 Å². The van der Waals surface area contributed by atoms with E-state index in [1.165, 1.54) is 6.92 Å². The number of carbonyl (C=O) groups excluding carboxylic acids is 3. The molecule has 0 aliphatic carbocycles. The zero-order valence-corrected chi connectivity index (χ0v) is 23.5. The molecule has 1 heterocycles. The highest BCUT2D eigenvalue weighted by molar-refractivity contribution is 5.94. The van der Waals surface area contributed by atoms with Crippen LogP contribution in [0.5, 0.6) is 0 Å². The van der Waals surface area contributed by atoms with E-state index in [4.69, 9.17) is 28.7 Å². The van der Waals surface area contributed by atoms with Crippen molar-refractivity contribution in [2.24, 2.45) is 38.7 Å². The van der Waals surface area contributed by atoms with Crippen LogP contribution in [-0.4, -0.2) is 83.0 Å². The van der Waals surface area contributed by atoms with Crippen molar-refractivity contribution in [2.75, 3.05) is 13.1 Å². The summed E-state index contributed by atoms with van der Waals surface area (Å²) in [6, 6.07) is 3.02. The van der Waals surface area contributed by atoms with Crippen molar-refractivity contribution in [3.05, 3.63) is 36.0 Å². The van der Waals surface area contributed by atoms with Crippen molar-refractivity contribution in [1.82, 2.24) is 20.9 Å². The number of carboxylic acid groups (broad SMARTS) is 1. The summed E-state index contributed by atoms with van der Waals surface area (Å²) in [5.74, 6) is -3.37. The Bertz CT molecular complexity index is 1280. The molecule has 15 N–H and O–H groups in total. The van der Waals surface area contributed by atoms with Crippen molar-refractivity contribution in [1.29, 1.82) is 0 Å². The first kappa shape index (κ1) is 33.3. The fraction of sp³-hybridized carbons (Fsp3) is 0.462. The molecule has 4 atom stereocenters. The molecule has 2 rings (SSSR count). The van der Waals surface area contributed by atoms with Gasteiger partial charge in [-0.15, -0.1) is 0 Å². The van der Waals surface area contributed by atoms with E-state index in [0.29, 0.717) is 18.4 Å². The molecule has 16 nitrogen and oxygen atoms in total. The van der Waals surface area contributed by atoms with Gasteiger partial charge in [-0.3, -0.25) is 24.4 Å². The molecule has 2 aromatic rings. The highest BCUT2D eigenvalue weighted by Crippen LogP contribution is 2.19. The Balaban J connectivity index is 2.02. The van der Waals surface area contributed by atoms with Gasteiger partial charge in [-0.2, -0.15) is 0 Å². The quantitative estimate of drug-likeness (QED) is 0.0536. The zero-order chi connectivity index (χ0) is 31.2. The van der Waals surface area contributed by atoms with Gasteiger partial charge in [0.1, 0.15) is 18.1 Å². The number of benzene rings is 1. The molecular weight excluding hydrogens is 546 g/mol. The maximum atomic E-state index is 13.1. The number of carbonyl (C=O) groups is 4. The van der Waals surface area contributed by atoms with Gasteiger partial charge in [0.2, 0.25) is 17.7 Å². The maximum absolute atomic E-state index is 13.1. The highest BCUT2D eigenvalue weighted by Gasteiger charge is 2.28. The summed E-state index contributed by atoms with van der Waals surface area (Å²) < 4.78 is 0. The first-order valence-electron chi connectivity index (χ1n) is 13.4. The Morgan fingerprint density at radius 2 is 1.45 bits per heavy atom. The van der Waals surface area contributed by atoms with E-state index >= 15 is 0 Å². The largest absolute Gasteiger partial charge is 0.480 e. The second-order valence-corrected chi connectivity index (χ2v) is 9.76. The average Bonchev–Trinajstić information content (AvgIpc) is 3.34. The minimum Gasteiger partial charge on any atom is -0.480 e. The molecule has 0 saturated heterocycles. The van der Waals surface area contributed by atoms with Gasteiger partial charge in [0, 0.05) is 36.6 Å². The molecule has 16 heteroatoms. The van der Waals surface area contributed by atoms with Crippen molar-refractivity contribution in [2.45, 2.75) is 63.2 Å². The van der Waals surface area contributed by atoms with Crippen LogP contribution in [0.15, 0.2) is 40.4 Å². The summed E-state index contributed by atoms with van der Waals surface area (Å²) in [7, 11) is 0. The summed E-state index contributed by atoms with van der Waals surface area (Å²) in [5.41, 5.74) is 28.8.